The van der Waals surface area contributed by atoms with Gasteiger partial charge in [0.2, 0.25) is 0 Å². The number of pyridine rings is 2. The second-order valence-electron chi connectivity index (χ2n) is 16.5. The molecule has 0 bridgehead atoms. The van der Waals surface area contributed by atoms with Gasteiger partial charge in [-0.15, -0.1) is 0 Å². The predicted octanol–water partition coefficient (Wildman–Crippen LogP) is 14.6. The van der Waals surface area contributed by atoms with Crippen molar-refractivity contribution in [3.05, 3.63) is 243 Å². The number of rotatable bonds is 9. The Hall–Kier alpha value is -7.94. The summed E-state index contributed by atoms with van der Waals surface area (Å²) in [4.78, 5) is 0. The number of hydrogen-bond donors (Lipinski definition) is 0. The van der Waals surface area contributed by atoms with E-state index in [9.17, 15) is 0 Å². The topological polar surface area (TPSA) is 7.76 Å². The molecule has 2 nitrogen and oxygen atoms in total. The highest BCUT2D eigenvalue weighted by Gasteiger charge is 2.29. The largest absolute Gasteiger partial charge is 0.207 e. The van der Waals surface area contributed by atoms with Gasteiger partial charge in [0.1, 0.15) is 14.1 Å². The lowest BCUT2D eigenvalue weighted by Crippen LogP contribution is -2.26. The van der Waals surface area contributed by atoms with E-state index in [4.69, 9.17) is 0 Å². The summed E-state index contributed by atoms with van der Waals surface area (Å²) in [5.41, 5.74) is 22.5. The molecule has 0 amide bonds. The Kier molecular flexibility index (Phi) is 10.7. The molecule has 0 aliphatic rings. The van der Waals surface area contributed by atoms with Crippen molar-refractivity contribution in [1.29, 1.82) is 0 Å². The maximum absolute atomic E-state index is 2.33. The first-order valence-corrected chi connectivity index (χ1v) is 21.7. The minimum atomic E-state index is 1.16. The molecule has 2 heterocycles. The molecule has 0 atom stereocenters. The highest BCUT2D eigenvalue weighted by atomic mass is 14.9. The summed E-state index contributed by atoms with van der Waals surface area (Å²) in [5.74, 6) is 0. The average Bonchev–Trinajstić information content (AvgIpc) is 3.34. The summed E-state index contributed by atoms with van der Waals surface area (Å²) in [7, 11) is 4.15. The maximum Gasteiger partial charge on any atom is 0.176 e. The Balaban J connectivity index is 1.36. The smallest absolute Gasteiger partial charge is 0.176 e. The van der Waals surface area contributed by atoms with Crippen LogP contribution in [0.1, 0.15) is 5.56 Å². The molecule has 10 rings (SSSR count). The van der Waals surface area contributed by atoms with E-state index in [-0.39, 0.29) is 0 Å². The molecule has 0 spiro atoms. The molecule has 0 saturated carbocycles. The first-order chi connectivity index (χ1) is 31.0. The van der Waals surface area contributed by atoms with Crippen LogP contribution in [0.25, 0.3) is 100 Å². The summed E-state index contributed by atoms with van der Waals surface area (Å²) in [6, 6.07) is 78.1. The Morgan fingerprint density at radius 3 is 0.762 bits per heavy atom. The van der Waals surface area contributed by atoms with Crippen LogP contribution in [0.4, 0.5) is 0 Å². The first kappa shape index (κ1) is 39.2. The van der Waals surface area contributed by atoms with Crippen LogP contribution < -0.4 is 9.13 Å². The Labute approximate surface area is 371 Å². The van der Waals surface area contributed by atoms with E-state index in [1.807, 2.05) is 0 Å². The predicted molar refractivity (Wildman–Crippen MR) is 262 cm³/mol. The minimum Gasteiger partial charge on any atom is -0.207 e. The van der Waals surface area contributed by atoms with Crippen molar-refractivity contribution < 1.29 is 9.13 Å². The van der Waals surface area contributed by atoms with Crippen LogP contribution in [-0.4, -0.2) is 0 Å². The zero-order valence-electron chi connectivity index (χ0n) is 35.9. The zero-order valence-corrected chi connectivity index (χ0v) is 35.9. The van der Waals surface area contributed by atoms with Crippen molar-refractivity contribution in [2.45, 2.75) is 6.92 Å². The van der Waals surface area contributed by atoms with Gasteiger partial charge in [-0.1, -0.05) is 194 Å². The minimum absolute atomic E-state index is 1.16. The maximum atomic E-state index is 2.33. The van der Waals surface area contributed by atoms with Crippen LogP contribution in [0.2, 0.25) is 0 Å². The Morgan fingerprint density at radius 2 is 0.444 bits per heavy atom. The van der Waals surface area contributed by atoms with E-state index in [0.717, 1.165) is 27.8 Å². The third-order valence-corrected chi connectivity index (χ3v) is 12.1. The summed E-state index contributed by atoms with van der Waals surface area (Å²) in [5, 5.41) is 0. The molecule has 0 saturated heterocycles. The third kappa shape index (κ3) is 7.91. The molecule has 8 aromatic carbocycles. The van der Waals surface area contributed by atoms with Gasteiger partial charge in [-0.2, -0.15) is 0 Å². The number of aryl methyl sites for hydroxylation is 3. The van der Waals surface area contributed by atoms with Gasteiger partial charge in [-0.3, -0.25) is 0 Å². The summed E-state index contributed by atoms with van der Waals surface area (Å²) in [6.45, 7) is 2.17. The highest BCUT2D eigenvalue weighted by molar-refractivity contribution is 6.15. The number of hydrogen-bond acceptors (Lipinski definition) is 0. The van der Waals surface area contributed by atoms with Crippen LogP contribution in [0.3, 0.4) is 0 Å². The monoisotopic (exact) mass is 808 g/mol. The fraction of sp³-hybridized carbons (Fsp3) is 0.0492. The zero-order chi connectivity index (χ0) is 42.7. The van der Waals surface area contributed by atoms with Gasteiger partial charge in [0.15, 0.2) is 24.8 Å². The second kappa shape index (κ2) is 17.2. The van der Waals surface area contributed by atoms with E-state index in [1.165, 1.54) is 77.9 Å². The van der Waals surface area contributed by atoms with Crippen LogP contribution in [0, 0.1) is 6.92 Å². The van der Waals surface area contributed by atoms with Crippen molar-refractivity contribution in [3.63, 3.8) is 0 Å². The summed E-state index contributed by atoms with van der Waals surface area (Å²) < 4.78 is 4.22. The van der Waals surface area contributed by atoms with Gasteiger partial charge in [0.05, 0.1) is 0 Å². The fourth-order valence-electron chi connectivity index (χ4n) is 9.05. The van der Waals surface area contributed by atoms with E-state index < -0.39 is 0 Å². The lowest BCUT2D eigenvalue weighted by molar-refractivity contribution is -0.671. The van der Waals surface area contributed by atoms with Crippen molar-refractivity contribution in [1.82, 2.24) is 0 Å². The van der Waals surface area contributed by atoms with Crippen LogP contribution in [0.15, 0.2) is 237 Å². The van der Waals surface area contributed by atoms with E-state index in [1.54, 1.807) is 0 Å². The van der Waals surface area contributed by atoms with Gasteiger partial charge in [0.25, 0.3) is 0 Å². The number of aromatic nitrogens is 2. The van der Waals surface area contributed by atoms with Crippen molar-refractivity contribution in [3.8, 4) is 100 Å². The summed E-state index contributed by atoms with van der Waals surface area (Å²) >= 11 is 0. The third-order valence-electron chi connectivity index (χ3n) is 12.1. The number of nitrogens with zero attached hydrogens (tertiary/aromatic N) is 2. The van der Waals surface area contributed by atoms with E-state index in [2.05, 4.69) is 267 Å². The van der Waals surface area contributed by atoms with Gasteiger partial charge < -0.3 is 0 Å². The molecule has 0 N–H and O–H groups in total. The van der Waals surface area contributed by atoms with Gasteiger partial charge in [0, 0.05) is 23.3 Å². The quantitative estimate of drug-likeness (QED) is 0.128. The van der Waals surface area contributed by atoms with Gasteiger partial charge >= 0.3 is 0 Å². The molecule has 0 aliphatic carbocycles. The van der Waals surface area contributed by atoms with Crippen LogP contribution in [-0.2, 0) is 14.1 Å². The molecule has 0 unspecified atom stereocenters. The lowest BCUT2D eigenvalue weighted by Gasteiger charge is -2.29. The van der Waals surface area contributed by atoms with Crippen LogP contribution in [0.5, 0.6) is 0 Å². The van der Waals surface area contributed by atoms with Crippen molar-refractivity contribution in [2.75, 3.05) is 0 Å². The fourth-order valence-corrected chi connectivity index (χ4v) is 9.05. The van der Waals surface area contributed by atoms with Gasteiger partial charge in [-0.25, -0.2) is 9.13 Å². The molecule has 0 aliphatic heterocycles. The Bertz CT molecular complexity index is 3020. The molecule has 0 radical (unpaired) electrons. The Morgan fingerprint density at radius 1 is 0.222 bits per heavy atom. The van der Waals surface area contributed by atoms with E-state index >= 15 is 0 Å². The van der Waals surface area contributed by atoms with Crippen molar-refractivity contribution in [2.24, 2.45) is 14.1 Å². The standard InChI is InChI=1S/C61H48N2/c1-43-23-25-50(26-24-43)58-60(52-35-29-46(30-36-52)54-21-13-39-62(2)41-54)56(48-17-9-5-10-18-48)59(51-33-27-45(28-34-51)44-15-7-4-8-16-44)57(49-19-11-6-12-20-49)61(58)53-37-31-47(32-38-53)55-22-14-40-63(3)42-55/h4-42H,1-3H3/q+2. The summed E-state index contributed by atoms with van der Waals surface area (Å²) in [6.07, 6.45) is 8.53. The van der Waals surface area contributed by atoms with E-state index in [0.29, 0.717) is 0 Å². The lowest BCUT2D eigenvalue weighted by atomic mass is 9.74. The highest BCUT2D eigenvalue weighted by Crippen LogP contribution is 2.56. The first-order valence-electron chi connectivity index (χ1n) is 21.7. The molecular weight excluding hydrogens is 761 g/mol. The van der Waals surface area contributed by atoms with Crippen molar-refractivity contribution >= 4 is 0 Å². The molecule has 63 heavy (non-hydrogen) atoms. The SMILES string of the molecule is Cc1ccc(-c2c(-c3ccc(-c4ccc[n+](C)c4)cc3)c(-c3ccccc3)c(-c3ccc(-c4ccccc4)cc3)c(-c3ccccc3)c2-c2ccc(-c3ccc[n+](C)c3)cc2)cc1. The molecule has 2 aromatic heterocycles. The molecule has 10 aromatic rings. The van der Waals surface area contributed by atoms with Gasteiger partial charge in [-0.05, 0) is 108 Å². The molecule has 300 valence electrons. The molecule has 2 heteroatoms. The second-order valence-corrected chi connectivity index (χ2v) is 16.5. The molecule has 0 fully saturated rings. The number of benzene rings is 8. The average molecular weight is 809 g/mol. The normalized spacial score (nSPS) is 11.1. The molecular formula is C61H48N2+2. The van der Waals surface area contributed by atoms with Crippen LogP contribution >= 0.6 is 0 Å².